The molecule has 0 spiro atoms. The molecule has 3 aromatic rings. The summed E-state index contributed by atoms with van der Waals surface area (Å²) >= 11 is 6.07. The van der Waals surface area contributed by atoms with Crippen molar-refractivity contribution < 1.29 is 4.79 Å². The van der Waals surface area contributed by atoms with E-state index in [-0.39, 0.29) is 5.91 Å². The predicted molar refractivity (Wildman–Crippen MR) is 73.5 cm³/mol. The van der Waals surface area contributed by atoms with E-state index < -0.39 is 0 Å². The van der Waals surface area contributed by atoms with Gasteiger partial charge in [0.05, 0.1) is 11.1 Å². The number of amides is 1. The molecule has 2 heterocycles. The van der Waals surface area contributed by atoms with Gasteiger partial charge < -0.3 is 10.3 Å². The maximum Gasteiger partial charge on any atom is 0.253 e. The van der Waals surface area contributed by atoms with Gasteiger partial charge in [0.2, 0.25) is 0 Å². The molecule has 0 bridgehead atoms. The van der Waals surface area contributed by atoms with E-state index in [0.717, 1.165) is 10.9 Å². The van der Waals surface area contributed by atoms with Gasteiger partial charge >= 0.3 is 0 Å². The number of hydrogen-bond acceptors (Lipinski definition) is 4. The minimum Gasteiger partial charge on any atom is -0.360 e. The highest BCUT2D eigenvalue weighted by Crippen LogP contribution is 2.25. The summed E-state index contributed by atoms with van der Waals surface area (Å²) in [4.78, 5) is 15.2. The average Bonchev–Trinajstić information content (AvgIpc) is 3.09. The summed E-state index contributed by atoms with van der Waals surface area (Å²) in [6.45, 7) is 0.434. The van der Waals surface area contributed by atoms with E-state index in [1.165, 1.54) is 0 Å². The molecule has 8 heteroatoms. The Morgan fingerprint density at radius 2 is 2.25 bits per heavy atom. The van der Waals surface area contributed by atoms with Crippen LogP contribution in [0.2, 0.25) is 5.02 Å². The molecule has 0 unspecified atom stereocenters. The number of carbonyl (C=O) groups is 1. The Hall–Kier alpha value is -2.41. The number of H-pyrrole nitrogens is 2. The molecule has 3 rings (SSSR count). The standard InChI is InChI=1S/C12H11ClN6O/c13-9-2-1-8(11-7(9)3-5-14-11)12(20)15-6-4-10-16-18-19-17-10/h1-3,5,14H,4,6H2,(H,15,20)(H,16,17,18,19). The van der Waals surface area contributed by atoms with Crippen LogP contribution in [-0.2, 0) is 6.42 Å². The van der Waals surface area contributed by atoms with Crippen LogP contribution in [0.25, 0.3) is 10.9 Å². The highest BCUT2D eigenvalue weighted by molar-refractivity contribution is 6.36. The lowest BCUT2D eigenvalue weighted by Gasteiger charge is -2.05. The summed E-state index contributed by atoms with van der Waals surface area (Å²) in [5.41, 5.74) is 1.29. The molecule has 0 aliphatic carbocycles. The number of halogens is 1. The zero-order valence-electron chi connectivity index (χ0n) is 10.4. The van der Waals surface area contributed by atoms with E-state index in [2.05, 4.69) is 30.9 Å². The summed E-state index contributed by atoms with van der Waals surface area (Å²) < 4.78 is 0. The van der Waals surface area contributed by atoms with Crippen molar-refractivity contribution in [1.82, 2.24) is 30.9 Å². The van der Waals surface area contributed by atoms with Gasteiger partial charge in [0.15, 0.2) is 5.82 Å². The van der Waals surface area contributed by atoms with Crippen LogP contribution in [0.15, 0.2) is 24.4 Å². The van der Waals surface area contributed by atoms with Crippen molar-refractivity contribution >= 4 is 28.4 Å². The van der Waals surface area contributed by atoms with Crippen LogP contribution in [0.4, 0.5) is 0 Å². The van der Waals surface area contributed by atoms with Crippen LogP contribution in [0, 0.1) is 0 Å². The van der Waals surface area contributed by atoms with E-state index >= 15 is 0 Å². The first-order valence-electron chi connectivity index (χ1n) is 6.02. The molecule has 3 N–H and O–H groups in total. The van der Waals surface area contributed by atoms with Crippen molar-refractivity contribution in [1.29, 1.82) is 0 Å². The first-order chi connectivity index (χ1) is 9.75. The van der Waals surface area contributed by atoms with Gasteiger partial charge in [0.25, 0.3) is 5.91 Å². The number of rotatable bonds is 4. The molecule has 0 atom stereocenters. The van der Waals surface area contributed by atoms with E-state index in [0.29, 0.717) is 29.4 Å². The van der Waals surface area contributed by atoms with Gasteiger partial charge in [0, 0.05) is 29.6 Å². The summed E-state index contributed by atoms with van der Waals surface area (Å²) in [5.74, 6) is 0.393. The van der Waals surface area contributed by atoms with Crippen molar-refractivity contribution in [3.05, 3.63) is 40.8 Å². The quantitative estimate of drug-likeness (QED) is 0.674. The lowest BCUT2D eigenvalue weighted by molar-refractivity contribution is 0.0955. The van der Waals surface area contributed by atoms with Gasteiger partial charge in [-0.15, -0.1) is 10.2 Å². The highest BCUT2D eigenvalue weighted by Gasteiger charge is 2.12. The summed E-state index contributed by atoms with van der Waals surface area (Å²) in [7, 11) is 0. The molecule has 7 nitrogen and oxygen atoms in total. The number of nitrogens with zero attached hydrogens (tertiary/aromatic N) is 3. The SMILES string of the molecule is O=C(NCCc1nn[nH]n1)c1ccc(Cl)c2cc[nH]c12. The molecular formula is C12H11ClN6O. The third-order valence-corrected chi connectivity index (χ3v) is 3.27. The van der Waals surface area contributed by atoms with E-state index in [4.69, 9.17) is 11.6 Å². The number of tetrazole rings is 1. The Bertz CT molecular complexity index is 736. The topological polar surface area (TPSA) is 99.3 Å². The molecule has 2 aromatic heterocycles. The lowest BCUT2D eigenvalue weighted by atomic mass is 10.1. The highest BCUT2D eigenvalue weighted by atomic mass is 35.5. The first kappa shape index (κ1) is 12.6. The fraction of sp³-hybridized carbons (Fsp3) is 0.167. The number of hydrogen-bond donors (Lipinski definition) is 3. The maximum absolute atomic E-state index is 12.2. The summed E-state index contributed by atoms with van der Waals surface area (Å²) in [6.07, 6.45) is 2.27. The van der Waals surface area contributed by atoms with Crippen LogP contribution in [0.5, 0.6) is 0 Å². The van der Waals surface area contributed by atoms with Crippen LogP contribution < -0.4 is 5.32 Å². The van der Waals surface area contributed by atoms with Crippen molar-refractivity contribution in [2.75, 3.05) is 6.54 Å². The lowest BCUT2D eigenvalue weighted by Crippen LogP contribution is -2.26. The predicted octanol–water partition coefficient (Wildman–Crippen LogP) is 1.31. The molecule has 0 fully saturated rings. The second kappa shape index (κ2) is 5.30. The summed E-state index contributed by atoms with van der Waals surface area (Å²) in [6, 6.07) is 5.25. The fourth-order valence-corrected chi connectivity index (χ4v) is 2.20. The molecule has 20 heavy (non-hydrogen) atoms. The number of nitrogens with one attached hydrogen (secondary N) is 3. The fourth-order valence-electron chi connectivity index (χ4n) is 1.98. The molecule has 1 amide bonds. The number of aromatic amines is 2. The molecule has 0 aliphatic heterocycles. The number of fused-ring (bicyclic) bond motifs is 1. The number of aromatic nitrogens is 5. The average molecular weight is 291 g/mol. The smallest absolute Gasteiger partial charge is 0.253 e. The summed E-state index contributed by atoms with van der Waals surface area (Å²) in [5, 5.41) is 17.7. The van der Waals surface area contributed by atoms with E-state index in [9.17, 15) is 4.79 Å². The van der Waals surface area contributed by atoms with Gasteiger partial charge in [-0.3, -0.25) is 4.79 Å². The molecule has 102 valence electrons. The Labute approximate surface area is 118 Å². The molecule has 0 radical (unpaired) electrons. The van der Waals surface area contributed by atoms with Crippen molar-refractivity contribution in [2.45, 2.75) is 6.42 Å². The molecular weight excluding hydrogens is 280 g/mol. The van der Waals surface area contributed by atoms with Gasteiger partial charge in [0.1, 0.15) is 0 Å². The molecule has 0 saturated carbocycles. The largest absolute Gasteiger partial charge is 0.360 e. The Morgan fingerprint density at radius 3 is 3.05 bits per heavy atom. The molecule has 0 aliphatic rings. The van der Waals surface area contributed by atoms with Gasteiger partial charge in [-0.05, 0) is 18.2 Å². The van der Waals surface area contributed by atoms with Crippen LogP contribution >= 0.6 is 11.6 Å². The third-order valence-electron chi connectivity index (χ3n) is 2.94. The zero-order chi connectivity index (χ0) is 13.9. The minimum atomic E-state index is -0.169. The van der Waals surface area contributed by atoms with Gasteiger partial charge in [-0.25, -0.2) is 0 Å². The maximum atomic E-state index is 12.2. The normalized spacial score (nSPS) is 10.8. The van der Waals surface area contributed by atoms with Gasteiger partial charge in [-0.2, -0.15) is 5.21 Å². The minimum absolute atomic E-state index is 0.169. The van der Waals surface area contributed by atoms with Crippen LogP contribution in [0.1, 0.15) is 16.2 Å². The number of benzene rings is 1. The van der Waals surface area contributed by atoms with Crippen molar-refractivity contribution in [3.63, 3.8) is 0 Å². The van der Waals surface area contributed by atoms with Gasteiger partial charge in [-0.1, -0.05) is 16.8 Å². The second-order valence-corrected chi connectivity index (χ2v) is 4.60. The second-order valence-electron chi connectivity index (χ2n) is 4.20. The monoisotopic (exact) mass is 290 g/mol. The first-order valence-corrected chi connectivity index (χ1v) is 6.39. The van der Waals surface area contributed by atoms with E-state index in [1.807, 2.05) is 6.07 Å². The number of carbonyl (C=O) groups excluding carboxylic acids is 1. The van der Waals surface area contributed by atoms with Crippen LogP contribution in [-0.4, -0.2) is 38.1 Å². The third kappa shape index (κ3) is 2.35. The Morgan fingerprint density at radius 1 is 1.35 bits per heavy atom. The molecule has 1 aromatic carbocycles. The van der Waals surface area contributed by atoms with Crippen molar-refractivity contribution in [3.8, 4) is 0 Å². The van der Waals surface area contributed by atoms with Crippen molar-refractivity contribution in [2.24, 2.45) is 0 Å². The molecule has 0 saturated heterocycles. The zero-order valence-corrected chi connectivity index (χ0v) is 11.1. The Balaban J connectivity index is 1.72. The van der Waals surface area contributed by atoms with E-state index in [1.54, 1.807) is 18.3 Å². The van der Waals surface area contributed by atoms with Crippen LogP contribution in [0.3, 0.4) is 0 Å². The Kier molecular flexibility index (Phi) is 3.34.